The van der Waals surface area contributed by atoms with Gasteiger partial charge in [0, 0.05) is 61.2 Å². The number of rotatable bonds is 10. The number of methoxy groups -OCH3 is 1. The Morgan fingerprint density at radius 2 is 1.89 bits per heavy atom. The average molecular weight is 609 g/mol. The van der Waals surface area contributed by atoms with Crippen molar-refractivity contribution in [2.24, 2.45) is 0 Å². The maximum absolute atomic E-state index is 14.8. The van der Waals surface area contributed by atoms with Gasteiger partial charge in [-0.1, -0.05) is 24.3 Å². The summed E-state index contributed by atoms with van der Waals surface area (Å²) in [7, 11) is 1.45. The molecular formula is C32H31F3N4O5. The Labute approximate surface area is 251 Å². The molecule has 1 fully saturated rings. The highest BCUT2D eigenvalue weighted by Crippen LogP contribution is 2.44. The molecule has 0 spiro atoms. The van der Waals surface area contributed by atoms with Crippen molar-refractivity contribution in [3.8, 4) is 11.5 Å². The van der Waals surface area contributed by atoms with Gasteiger partial charge in [0.15, 0.2) is 17.2 Å². The van der Waals surface area contributed by atoms with Crippen LogP contribution in [0.15, 0.2) is 67.1 Å². The molecule has 1 unspecified atom stereocenters. The second-order valence-electron chi connectivity index (χ2n) is 10.9. The van der Waals surface area contributed by atoms with Crippen molar-refractivity contribution >= 4 is 22.6 Å². The zero-order valence-electron chi connectivity index (χ0n) is 23.9. The number of hydrogen-bond acceptors (Lipinski definition) is 6. The van der Waals surface area contributed by atoms with E-state index in [4.69, 9.17) is 21.2 Å². The van der Waals surface area contributed by atoms with Crippen LogP contribution in [0.25, 0.3) is 15.7 Å². The smallest absolute Gasteiger partial charge is 0.422 e. The van der Waals surface area contributed by atoms with Crippen molar-refractivity contribution < 1.29 is 37.7 Å². The van der Waals surface area contributed by atoms with E-state index in [1.54, 1.807) is 52.2 Å². The molecule has 1 atom stereocenters. The van der Waals surface area contributed by atoms with Crippen molar-refractivity contribution in [3.63, 3.8) is 0 Å². The van der Waals surface area contributed by atoms with E-state index < -0.39 is 24.3 Å². The summed E-state index contributed by atoms with van der Waals surface area (Å²) in [4.78, 5) is 20.1. The lowest BCUT2D eigenvalue weighted by molar-refractivity contribution is -0.272. The number of alkyl halides is 3. The molecule has 44 heavy (non-hydrogen) atoms. The number of nitrogens with zero attached hydrogens (tertiary/aromatic N) is 4. The first-order chi connectivity index (χ1) is 21.0. The number of carbonyl (C=O) groups is 1. The zero-order chi connectivity index (χ0) is 31.5. The van der Waals surface area contributed by atoms with Gasteiger partial charge in [-0.2, -0.15) is 13.2 Å². The predicted molar refractivity (Wildman–Crippen MR) is 156 cm³/mol. The van der Waals surface area contributed by atoms with Gasteiger partial charge >= 0.3 is 12.1 Å². The Kier molecular flexibility index (Phi) is 8.80. The van der Waals surface area contributed by atoms with Gasteiger partial charge in [-0.05, 0) is 48.2 Å². The SMILES string of the molecule is [C-]#[N+]c1ccc2c(C(O)(CN3CCC(Oc4ccc(CC(=O)O)cc4OC)CC3)C(F)(F)F)cn(Cc3cccnc3)c2c1. The highest BCUT2D eigenvalue weighted by molar-refractivity contribution is 5.88. The maximum Gasteiger partial charge on any atom is 0.422 e. The molecule has 230 valence electrons. The standard InChI is InChI=1S/C32H31F3N4O5/c1-36-23-6-7-25-26(19-39(27(25)16-23)18-22-4-3-11-37-17-22)31(42,32(33,34)35)20-38-12-9-24(10-13-38)44-28-8-5-21(15-30(40)41)14-29(28)43-2/h3-8,11,14,16-17,19,24,42H,9-10,12-13,15,18,20H2,2H3,(H,40,41). The van der Waals surface area contributed by atoms with Crippen LogP contribution in [0.3, 0.4) is 0 Å². The fourth-order valence-electron chi connectivity index (χ4n) is 5.61. The van der Waals surface area contributed by atoms with Crippen LogP contribution < -0.4 is 9.47 Å². The Morgan fingerprint density at radius 1 is 1.11 bits per heavy atom. The number of pyridine rings is 1. The Bertz CT molecular complexity index is 1680. The summed E-state index contributed by atoms with van der Waals surface area (Å²) in [5.41, 5.74) is -1.45. The van der Waals surface area contributed by atoms with Gasteiger partial charge in [-0.25, -0.2) is 4.85 Å². The molecule has 1 aliphatic rings. The zero-order valence-corrected chi connectivity index (χ0v) is 23.9. The number of aromatic nitrogens is 2. The van der Waals surface area contributed by atoms with Crippen LogP contribution in [0.2, 0.25) is 0 Å². The molecule has 2 aromatic carbocycles. The number of fused-ring (bicyclic) bond motifs is 1. The number of carboxylic acids is 1. The molecule has 12 heteroatoms. The van der Waals surface area contributed by atoms with Crippen LogP contribution in [-0.2, 0) is 23.4 Å². The number of piperidine rings is 1. The van der Waals surface area contributed by atoms with Crippen LogP contribution in [0, 0.1) is 6.57 Å². The molecule has 3 heterocycles. The molecule has 1 aliphatic heterocycles. The number of carboxylic acid groups (broad SMARTS) is 1. The average Bonchev–Trinajstić information content (AvgIpc) is 3.36. The number of benzene rings is 2. The summed E-state index contributed by atoms with van der Waals surface area (Å²) < 4.78 is 57.4. The van der Waals surface area contributed by atoms with E-state index in [0.29, 0.717) is 35.4 Å². The van der Waals surface area contributed by atoms with Crippen LogP contribution in [0.5, 0.6) is 11.5 Å². The third-order valence-electron chi connectivity index (χ3n) is 7.85. The lowest BCUT2D eigenvalue weighted by Crippen LogP contribution is -2.53. The molecule has 1 saturated heterocycles. The molecule has 0 saturated carbocycles. The monoisotopic (exact) mass is 608 g/mol. The second-order valence-corrected chi connectivity index (χ2v) is 10.9. The Morgan fingerprint density at radius 3 is 2.52 bits per heavy atom. The van der Waals surface area contributed by atoms with Gasteiger partial charge in [-0.3, -0.25) is 14.7 Å². The van der Waals surface area contributed by atoms with Crippen LogP contribution >= 0.6 is 0 Å². The Hall–Kier alpha value is -4.60. The van der Waals surface area contributed by atoms with Gasteiger partial charge in [0.05, 0.1) is 20.1 Å². The summed E-state index contributed by atoms with van der Waals surface area (Å²) in [5.74, 6) is -0.174. The summed E-state index contributed by atoms with van der Waals surface area (Å²) in [6.07, 6.45) is -0.0993. The van der Waals surface area contributed by atoms with E-state index in [0.717, 1.165) is 5.56 Å². The number of aliphatic hydroxyl groups is 1. The minimum atomic E-state index is -4.99. The fourth-order valence-corrected chi connectivity index (χ4v) is 5.61. The van der Waals surface area contributed by atoms with Crippen LogP contribution in [0.1, 0.15) is 29.5 Å². The van der Waals surface area contributed by atoms with Crippen molar-refractivity contribution in [2.45, 2.75) is 43.7 Å². The summed E-state index contributed by atoms with van der Waals surface area (Å²) in [5, 5.41) is 20.8. The van der Waals surface area contributed by atoms with Crippen molar-refractivity contribution in [3.05, 3.63) is 95.2 Å². The molecule has 0 bridgehead atoms. The molecular weight excluding hydrogens is 577 g/mol. The molecule has 0 aliphatic carbocycles. The Balaban J connectivity index is 1.36. The summed E-state index contributed by atoms with van der Waals surface area (Å²) in [6.45, 7) is 7.42. The quantitative estimate of drug-likeness (QED) is 0.227. The van der Waals surface area contributed by atoms with Gasteiger partial charge in [-0.15, -0.1) is 0 Å². The highest BCUT2D eigenvalue weighted by Gasteiger charge is 2.57. The van der Waals surface area contributed by atoms with E-state index in [2.05, 4.69) is 9.83 Å². The number of hydrogen-bond donors (Lipinski definition) is 2. The number of β-amino-alcohol motifs (C(OH)–C–C–N with tert-alkyl or cyclic N) is 1. The van der Waals surface area contributed by atoms with Crippen molar-refractivity contribution in [1.29, 1.82) is 0 Å². The molecule has 9 nitrogen and oxygen atoms in total. The minimum Gasteiger partial charge on any atom is -0.493 e. The number of halogens is 3. The largest absolute Gasteiger partial charge is 0.493 e. The van der Waals surface area contributed by atoms with Gasteiger partial charge in [0.25, 0.3) is 0 Å². The number of aliphatic carboxylic acids is 1. The second kappa shape index (κ2) is 12.6. The molecule has 2 N–H and O–H groups in total. The molecule has 4 aromatic rings. The maximum atomic E-state index is 14.8. The van der Waals surface area contributed by atoms with Gasteiger partial charge < -0.3 is 24.3 Å². The predicted octanol–water partition coefficient (Wildman–Crippen LogP) is 5.56. The summed E-state index contributed by atoms with van der Waals surface area (Å²) >= 11 is 0. The highest BCUT2D eigenvalue weighted by atomic mass is 19.4. The first-order valence-electron chi connectivity index (χ1n) is 14.0. The fraction of sp³-hybridized carbons (Fsp3) is 0.344. The van der Waals surface area contributed by atoms with Crippen LogP contribution in [0.4, 0.5) is 18.9 Å². The first kappa shape index (κ1) is 30.8. The van der Waals surface area contributed by atoms with Gasteiger partial charge in [0.1, 0.15) is 6.10 Å². The number of likely N-dealkylation sites (tertiary alicyclic amines) is 1. The van der Waals surface area contributed by atoms with E-state index in [1.165, 1.54) is 31.5 Å². The number of ether oxygens (including phenoxy) is 2. The molecule has 2 aromatic heterocycles. The normalized spacial score (nSPS) is 15.9. The third-order valence-corrected chi connectivity index (χ3v) is 7.85. The van der Waals surface area contributed by atoms with Crippen LogP contribution in [-0.4, -0.2) is 69.7 Å². The molecule has 5 rings (SSSR count). The van der Waals surface area contributed by atoms with E-state index in [9.17, 15) is 23.1 Å². The van der Waals surface area contributed by atoms with E-state index in [1.807, 2.05) is 0 Å². The lowest BCUT2D eigenvalue weighted by atomic mass is 9.91. The van der Waals surface area contributed by atoms with Crippen molar-refractivity contribution in [1.82, 2.24) is 14.5 Å². The summed E-state index contributed by atoms with van der Waals surface area (Å²) in [6, 6.07) is 12.8. The van der Waals surface area contributed by atoms with Crippen molar-refractivity contribution in [2.75, 3.05) is 26.7 Å². The van der Waals surface area contributed by atoms with Gasteiger partial charge in [0.2, 0.25) is 5.60 Å². The lowest BCUT2D eigenvalue weighted by Gasteiger charge is -2.39. The van der Waals surface area contributed by atoms with E-state index >= 15 is 0 Å². The molecule has 0 radical (unpaired) electrons. The first-order valence-corrected chi connectivity index (χ1v) is 14.0. The third kappa shape index (κ3) is 6.49. The molecule has 0 amide bonds. The minimum absolute atomic E-state index is 0.167. The topological polar surface area (TPSA) is 101 Å². The van der Waals surface area contributed by atoms with E-state index in [-0.39, 0.29) is 48.8 Å².